The van der Waals surface area contributed by atoms with Crippen LogP contribution in [0.5, 0.6) is 0 Å². The number of aromatic nitrogens is 5. The van der Waals surface area contributed by atoms with Crippen molar-refractivity contribution in [3.63, 3.8) is 0 Å². The van der Waals surface area contributed by atoms with Crippen LogP contribution in [0, 0.1) is 0 Å². The Hall–Kier alpha value is -8.15. The van der Waals surface area contributed by atoms with Crippen molar-refractivity contribution in [2.45, 2.75) is 0 Å². The van der Waals surface area contributed by atoms with Crippen molar-refractivity contribution in [1.29, 1.82) is 0 Å². The molecule has 0 aliphatic carbocycles. The van der Waals surface area contributed by atoms with Crippen molar-refractivity contribution in [2.75, 3.05) is 0 Å². The molecule has 0 N–H and O–H groups in total. The summed E-state index contributed by atoms with van der Waals surface area (Å²) in [6.45, 7) is 0. The summed E-state index contributed by atoms with van der Waals surface area (Å²) in [6.07, 6.45) is 0. The molecule has 0 spiro atoms. The van der Waals surface area contributed by atoms with E-state index in [2.05, 4.69) is 185 Å². The summed E-state index contributed by atoms with van der Waals surface area (Å²) in [5, 5.41) is 7.07. The van der Waals surface area contributed by atoms with Crippen molar-refractivity contribution in [3.8, 4) is 56.7 Å². The molecule has 12 rings (SSSR count). The van der Waals surface area contributed by atoms with E-state index < -0.39 is 0 Å². The second kappa shape index (κ2) is 13.8. The van der Waals surface area contributed by atoms with E-state index in [1.807, 2.05) is 36.4 Å². The Morgan fingerprint density at radius 2 is 0.783 bits per heavy atom. The van der Waals surface area contributed by atoms with E-state index in [0.29, 0.717) is 17.6 Å². The molecule has 0 aliphatic rings. The summed E-state index contributed by atoms with van der Waals surface area (Å²) in [7, 11) is 0. The Labute approximate surface area is 346 Å². The zero-order valence-corrected chi connectivity index (χ0v) is 32.4. The van der Waals surface area contributed by atoms with Gasteiger partial charge in [0.25, 0.3) is 0 Å². The summed E-state index contributed by atoms with van der Waals surface area (Å²) < 4.78 is 4.71. The minimum absolute atomic E-state index is 0.575. The topological polar surface area (TPSA) is 48.5 Å². The van der Waals surface area contributed by atoms with Crippen LogP contribution in [-0.4, -0.2) is 24.1 Å². The lowest BCUT2D eigenvalue weighted by atomic mass is 9.98. The second-order valence-electron chi connectivity index (χ2n) is 15.2. The van der Waals surface area contributed by atoms with Gasteiger partial charge in [-0.15, -0.1) is 0 Å². The molecule has 0 aliphatic heterocycles. The number of fused-ring (bicyclic) bond motifs is 9. The maximum Gasteiger partial charge on any atom is 0.238 e. The standard InChI is InChI=1S/C55H35N5/c1-5-17-36(18-6-1)41-33-42(37-19-7-2-8-20-37)35-43(34-41)59-48-31-32-49-50(51(48)46-30-29-38-21-13-14-26-44(38)52(46)59)45-27-15-16-28-47(45)60(49)55-57-53(39-22-9-3-10-23-39)56-54(58-55)40-24-11-4-12-25-40/h1-35H. The van der Waals surface area contributed by atoms with Crippen LogP contribution in [0.3, 0.4) is 0 Å². The minimum Gasteiger partial charge on any atom is -0.309 e. The molecule has 5 nitrogen and oxygen atoms in total. The van der Waals surface area contributed by atoms with Crippen LogP contribution in [0.4, 0.5) is 0 Å². The molecular weight excluding hydrogens is 731 g/mol. The highest BCUT2D eigenvalue weighted by atomic mass is 15.2. The number of rotatable bonds is 6. The molecule has 60 heavy (non-hydrogen) atoms. The molecule has 0 unspecified atom stereocenters. The first-order valence-electron chi connectivity index (χ1n) is 20.3. The van der Waals surface area contributed by atoms with Crippen molar-refractivity contribution in [1.82, 2.24) is 24.1 Å². The van der Waals surface area contributed by atoms with Crippen LogP contribution in [-0.2, 0) is 0 Å². The second-order valence-corrected chi connectivity index (χ2v) is 15.2. The third kappa shape index (κ3) is 5.44. The van der Waals surface area contributed by atoms with Crippen molar-refractivity contribution in [2.24, 2.45) is 0 Å². The molecule has 3 aromatic heterocycles. The summed E-state index contributed by atoms with van der Waals surface area (Å²) in [5.74, 6) is 1.83. The Morgan fingerprint density at radius 3 is 1.38 bits per heavy atom. The average molecular weight is 766 g/mol. The average Bonchev–Trinajstić information content (AvgIpc) is 3.86. The molecule has 3 heterocycles. The van der Waals surface area contributed by atoms with E-state index in [1.165, 1.54) is 38.2 Å². The predicted octanol–water partition coefficient (Wildman–Crippen LogP) is 13.9. The number of hydrogen-bond acceptors (Lipinski definition) is 3. The van der Waals surface area contributed by atoms with E-state index in [0.717, 1.165) is 55.3 Å². The molecule has 12 aromatic rings. The van der Waals surface area contributed by atoms with Crippen molar-refractivity contribution in [3.05, 3.63) is 212 Å². The first-order chi connectivity index (χ1) is 29.8. The van der Waals surface area contributed by atoms with Crippen molar-refractivity contribution >= 4 is 54.4 Å². The maximum atomic E-state index is 5.22. The van der Waals surface area contributed by atoms with Gasteiger partial charge in [-0.3, -0.25) is 4.57 Å². The molecule has 280 valence electrons. The fraction of sp³-hybridized carbons (Fsp3) is 0. The largest absolute Gasteiger partial charge is 0.309 e. The monoisotopic (exact) mass is 765 g/mol. The highest BCUT2D eigenvalue weighted by molar-refractivity contribution is 6.31. The van der Waals surface area contributed by atoms with Gasteiger partial charge in [0.15, 0.2) is 11.6 Å². The Balaban J connectivity index is 1.20. The molecule has 5 heteroatoms. The van der Waals surface area contributed by atoms with Crippen molar-refractivity contribution < 1.29 is 0 Å². The molecule has 9 aromatic carbocycles. The van der Waals surface area contributed by atoms with Crippen LogP contribution in [0.25, 0.3) is 111 Å². The van der Waals surface area contributed by atoms with Gasteiger partial charge in [0.2, 0.25) is 5.95 Å². The highest BCUT2D eigenvalue weighted by Gasteiger charge is 2.24. The lowest BCUT2D eigenvalue weighted by molar-refractivity contribution is 0.953. The predicted molar refractivity (Wildman–Crippen MR) is 248 cm³/mol. The molecule has 0 amide bonds. The number of para-hydroxylation sites is 1. The molecule has 0 bridgehead atoms. The molecule has 0 radical (unpaired) electrons. The van der Waals surface area contributed by atoms with Gasteiger partial charge in [-0.05, 0) is 64.0 Å². The van der Waals surface area contributed by atoms with Crippen LogP contribution < -0.4 is 0 Å². The zero-order chi connectivity index (χ0) is 39.6. The molecular formula is C55H35N5. The maximum absolute atomic E-state index is 5.22. The Morgan fingerprint density at radius 1 is 0.300 bits per heavy atom. The number of nitrogens with zero attached hydrogens (tertiary/aromatic N) is 5. The van der Waals surface area contributed by atoms with Crippen LogP contribution in [0.1, 0.15) is 0 Å². The third-order valence-electron chi connectivity index (χ3n) is 11.7. The lowest BCUT2D eigenvalue weighted by Crippen LogP contribution is -2.06. The fourth-order valence-electron chi connectivity index (χ4n) is 9.04. The zero-order valence-electron chi connectivity index (χ0n) is 32.4. The van der Waals surface area contributed by atoms with Gasteiger partial charge in [-0.1, -0.05) is 176 Å². The number of benzene rings is 9. The quantitative estimate of drug-likeness (QED) is 0.169. The normalized spacial score (nSPS) is 11.7. The highest BCUT2D eigenvalue weighted by Crippen LogP contribution is 2.45. The van der Waals surface area contributed by atoms with Gasteiger partial charge in [-0.2, -0.15) is 9.97 Å². The number of hydrogen-bond donors (Lipinski definition) is 0. The molecule has 0 saturated heterocycles. The SMILES string of the molecule is c1ccc(-c2cc(-c3ccccc3)cc(-n3c4ccc5c(c6ccccc6n5-c5nc(-c6ccccc6)nc(-c6ccccc6)n5)c4c4ccc5ccccc5c43)c2)cc1. The van der Waals surface area contributed by atoms with E-state index in [1.54, 1.807) is 0 Å². The van der Waals surface area contributed by atoms with Gasteiger partial charge in [0, 0.05) is 43.7 Å². The summed E-state index contributed by atoms with van der Waals surface area (Å²) >= 11 is 0. The fourth-order valence-corrected chi connectivity index (χ4v) is 9.04. The summed E-state index contributed by atoms with van der Waals surface area (Å²) in [4.78, 5) is 15.5. The summed E-state index contributed by atoms with van der Waals surface area (Å²) in [6, 6.07) is 75.2. The van der Waals surface area contributed by atoms with E-state index in [9.17, 15) is 0 Å². The summed E-state index contributed by atoms with van der Waals surface area (Å²) in [5.41, 5.74) is 12.0. The van der Waals surface area contributed by atoms with Gasteiger partial charge in [0.1, 0.15) is 0 Å². The molecule has 0 saturated carbocycles. The van der Waals surface area contributed by atoms with E-state index >= 15 is 0 Å². The lowest BCUT2D eigenvalue weighted by Gasteiger charge is -2.15. The molecule has 0 fully saturated rings. The van der Waals surface area contributed by atoms with Gasteiger partial charge < -0.3 is 4.57 Å². The van der Waals surface area contributed by atoms with E-state index in [-0.39, 0.29) is 0 Å². The Kier molecular flexibility index (Phi) is 7.78. The first-order valence-corrected chi connectivity index (χ1v) is 20.3. The van der Waals surface area contributed by atoms with Crippen LogP contribution in [0.15, 0.2) is 212 Å². The van der Waals surface area contributed by atoms with Crippen LogP contribution in [0.2, 0.25) is 0 Å². The van der Waals surface area contributed by atoms with E-state index in [4.69, 9.17) is 15.0 Å². The van der Waals surface area contributed by atoms with Gasteiger partial charge in [-0.25, -0.2) is 4.98 Å². The molecule has 0 atom stereocenters. The Bertz CT molecular complexity index is 3460. The minimum atomic E-state index is 0.575. The third-order valence-corrected chi connectivity index (χ3v) is 11.7. The van der Waals surface area contributed by atoms with Gasteiger partial charge >= 0.3 is 0 Å². The van der Waals surface area contributed by atoms with Gasteiger partial charge in [0.05, 0.1) is 22.1 Å². The first kappa shape index (κ1) is 33.9. The van der Waals surface area contributed by atoms with Crippen LogP contribution >= 0.6 is 0 Å². The smallest absolute Gasteiger partial charge is 0.238 e.